The second kappa shape index (κ2) is 7.05. The van der Waals surface area contributed by atoms with Crippen molar-refractivity contribution in [1.82, 2.24) is 0 Å². The number of hydrogen-bond donors (Lipinski definition) is 1. The van der Waals surface area contributed by atoms with E-state index in [1.165, 1.54) is 0 Å². The summed E-state index contributed by atoms with van der Waals surface area (Å²) >= 11 is 0. The highest BCUT2D eigenvalue weighted by Gasteiger charge is 2.28. The summed E-state index contributed by atoms with van der Waals surface area (Å²) in [6, 6.07) is 13.6. The lowest BCUT2D eigenvalue weighted by molar-refractivity contribution is -0.118. The number of para-hydroxylation sites is 1. The van der Waals surface area contributed by atoms with Gasteiger partial charge in [0.2, 0.25) is 5.91 Å². The summed E-state index contributed by atoms with van der Waals surface area (Å²) in [7, 11) is 1.64. The molecule has 0 saturated heterocycles. The number of methoxy groups -OCH3 is 1. The lowest BCUT2D eigenvalue weighted by atomic mass is 9.95. The van der Waals surface area contributed by atoms with Gasteiger partial charge >= 0.3 is 0 Å². The smallest absolute Gasteiger partial charge is 0.227 e. The van der Waals surface area contributed by atoms with Gasteiger partial charge in [-0.25, -0.2) is 0 Å². The van der Waals surface area contributed by atoms with E-state index in [-0.39, 0.29) is 5.91 Å². The molecule has 1 N–H and O–H groups in total. The Hall–Kier alpha value is -2.33. The molecule has 1 aliphatic heterocycles. The Labute approximate surface area is 142 Å². The van der Waals surface area contributed by atoms with Crippen LogP contribution in [0.5, 0.6) is 5.75 Å². The highest BCUT2D eigenvalue weighted by molar-refractivity contribution is 5.95. The fourth-order valence-electron chi connectivity index (χ4n) is 3.30. The molecule has 24 heavy (non-hydrogen) atoms. The van der Waals surface area contributed by atoms with Crippen molar-refractivity contribution in [2.24, 2.45) is 0 Å². The number of aliphatic hydroxyl groups is 1. The van der Waals surface area contributed by atoms with Crippen molar-refractivity contribution < 1.29 is 14.6 Å². The maximum atomic E-state index is 12.8. The van der Waals surface area contributed by atoms with Crippen LogP contribution in [0.1, 0.15) is 35.6 Å². The number of fused-ring (bicyclic) bond motifs is 1. The maximum absolute atomic E-state index is 12.8. The summed E-state index contributed by atoms with van der Waals surface area (Å²) in [4.78, 5) is 14.6. The van der Waals surface area contributed by atoms with E-state index in [9.17, 15) is 9.90 Å². The molecule has 1 atom stereocenters. The van der Waals surface area contributed by atoms with E-state index in [0.717, 1.165) is 28.1 Å². The number of carbonyl (C=O) groups is 1. The van der Waals surface area contributed by atoms with Crippen LogP contribution in [-0.2, 0) is 11.2 Å². The molecule has 1 amide bonds. The molecule has 2 aromatic rings. The molecular weight excluding hydrogens is 302 g/mol. The molecule has 0 saturated carbocycles. The van der Waals surface area contributed by atoms with Gasteiger partial charge in [-0.05, 0) is 43.0 Å². The molecular formula is C20H23NO3. The number of anilines is 1. The molecule has 2 aromatic carbocycles. The minimum absolute atomic E-state index is 0.0975. The summed E-state index contributed by atoms with van der Waals surface area (Å²) < 4.78 is 5.23. The van der Waals surface area contributed by atoms with Crippen LogP contribution in [-0.4, -0.2) is 24.7 Å². The van der Waals surface area contributed by atoms with E-state index in [4.69, 9.17) is 4.74 Å². The zero-order chi connectivity index (χ0) is 17.1. The van der Waals surface area contributed by atoms with Crippen LogP contribution >= 0.6 is 0 Å². The van der Waals surface area contributed by atoms with E-state index in [1.54, 1.807) is 7.11 Å². The number of amides is 1. The van der Waals surface area contributed by atoms with Crippen molar-refractivity contribution in [2.75, 3.05) is 18.6 Å². The average Bonchev–Trinajstić information content (AvgIpc) is 2.61. The van der Waals surface area contributed by atoms with Crippen LogP contribution < -0.4 is 9.64 Å². The third-order valence-corrected chi connectivity index (χ3v) is 4.59. The second-order valence-corrected chi connectivity index (χ2v) is 6.21. The summed E-state index contributed by atoms with van der Waals surface area (Å²) in [5, 5.41) is 10.2. The first-order valence-electron chi connectivity index (χ1n) is 8.31. The molecule has 0 spiro atoms. The fraction of sp³-hybridized carbons (Fsp3) is 0.350. The van der Waals surface area contributed by atoms with E-state index < -0.39 is 6.10 Å². The Morgan fingerprint density at radius 1 is 1.29 bits per heavy atom. The van der Waals surface area contributed by atoms with Crippen LogP contribution in [0.4, 0.5) is 5.69 Å². The number of hydrogen-bond acceptors (Lipinski definition) is 3. The highest BCUT2D eigenvalue weighted by atomic mass is 16.5. The number of nitrogens with zero attached hydrogens (tertiary/aromatic N) is 1. The zero-order valence-electron chi connectivity index (χ0n) is 14.2. The molecule has 126 valence electrons. The van der Waals surface area contributed by atoms with Gasteiger partial charge < -0.3 is 14.7 Å². The third-order valence-electron chi connectivity index (χ3n) is 4.59. The van der Waals surface area contributed by atoms with Gasteiger partial charge in [0, 0.05) is 18.5 Å². The van der Waals surface area contributed by atoms with Crippen LogP contribution in [0.25, 0.3) is 0 Å². The monoisotopic (exact) mass is 325 g/mol. The first-order chi connectivity index (χ1) is 11.6. The first-order valence-corrected chi connectivity index (χ1v) is 8.31. The van der Waals surface area contributed by atoms with Gasteiger partial charge in [0.1, 0.15) is 5.75 Å². The normalized spacial score (nSPS) is 16.6. The lowest BCUT2D eigenvalue weighted by Crippen LogP contribution is -2.37. The van der Waals surface area contributed by atoms with Gasteiger partial charge in [0.05, 0.1) is 18.9 Å². The zero-order valence-corrected chi connectivity index (χ0v) is 14.2. The van der Waals surface area contributed by atoms with Crippen molar-refractivity contribution in [3.8, 4) is 5.75 Å². The molecule has 3 rings (SSSR count). The maximum Gasteiger partial charge on any atom is 0.227 e. The Bertz CT molecular complexity index is 741. The third kappa shape index (κ3) is 3.29. The summed E-state index contributed by atoms with van der Waals surface area (Å²) in [6.45, 7) is 2.55. The SMILES string of the molecule is COc1cccc(CCC(=O)N2CCC(O)c3cccc(C)c32)c1. The Morgan fingerprint density at radius 2 is 2.08 bits per heavy atom. The predicted octanol–water partition coefficient (Wildman–Crippen LogP) is 3.41. The van der Waals surface area contributed by atoms with Gasteiger partial charge in [0.25, 0.3) is 0 Å². The summed E-state index contributed by atoms with van der Waals surface area (Å²) in [5.74, 6) is 0.905. The molecule has 1 aliphatic rings. The second-order valence-electron chi connectivity index (χ2n) is 6.21. The standard InChI is InChI=1S/C20H23NO3/c1-14-5-3-8-17-18(22)11-12-21(20(14)17)19(23)10-9-15-6-4-7-16(13-15)24-2/h3-8,13,18,22H,9-12H2,1-2H3. The van der Waals surface area contributed by atoms with E-state index in [1.807, 2.05) is 54.3 Å². The van der Waals surface area contributed by atoms with E-state index >= 15 is 0 Å². The number of carbonyl (C=O) groups excluding carboxylic acids is 1. The summed E-state index contributed by atoms with van der Waals surface area (Å²) in [6.07, 6.45) is 1.22. The number of ether oxygens (including phenoxy) is 1. The Kier molecular flexibility index (Phi) is 4.86. The number of benzene rings is 2. The molecule has 1 heterocycles. The van der Waals surface area contributed by atoms with Crippen molar-refractivity contribution in [3.05, 3.63) is 59.2 Å². The van der Waals surface area contributed by atoms with E-state index in [0.29, 0.717) is 25.8 Å². The van der Waals surface area contributed by atoms with Crippen molar-refractivity contribution in [2.45, 2.75) is 32.3 Å². The highest BCUT2D eigenvalue weighted by Crippen LogP contribution is 2.36. The van der Waals surface area contributed by atoms with Gasteiger partial charge in [0.15, 0.2) is 0 Å². The Balaban J connectivity index is 1.75. The molecule has 0 aromatic heterocycles. The van der Waals surface area contributed by atoms with Gasteiger partial charge in [-0.15, -0.1) is 0 Å². The van der Waals surface area contributed by atoms with Crippen LogP contribution in [0.3, 0.4) is 0 Å². The topological polar surface area (TPSA) is 49.8 Å². The van der Waals surface area contributed by atoms with Crippen LogP contribution in [0, 0.1) is 6.92 Å². The molecule has 0 bridgehead atoms. The lowest BCUT2D eigenvalue weighted by Gasteiger charge is -2.33. The van der Waals surface area contributed by atoms with Crippen molar-refractivity contribution in [3.63, 3.8) is 0 Å². The first kappa shape index (κ1) is 16.5. The largest absolute Gasteiger partial charge is 0.497 e. The number of aliphatic hydroxyl groups excluding tert-OH is 1. The van der Waals surface area contributed by atoms with Gasteiger partial charge in [-0.2, -0.15) is 0 Å². The molecule has 0 radical (unpaired) electrons. The summed E-state index contributed by atoms with van der Waals surface area (Å²) in [5.41, 5.74) is 3.86. The number of aryl methyl sites for hydroxylation is 2. The minimum atomic E-state index is -0.484. The molecule has 0 fully saturated rings. The predicted molar refractivity (Wildman–Crippen MR) is 94.4 cm³/mol. The Morgan fingerprint density at radius 3 is 2.88 bits per heavy atom. The quantitative estimate of drug-likeness (QED) is 0.937. The van der Waals surface area contributed by atoms with Crippen LogP contribution in [0.15, 0.2) is 42.5 Å². The van der Waals surface area contributed by atoms with Crippen molar-refractivity contribution >= 4 is 11.6 Å². The van der Waals surface area contributed by atoms with Crippen molar-refractivity contribution in [1.29, 1.82) is 0 Å². The molecule has 0 aliphatic carbocycles. The fourth-order valence-corrected chi connectivity index (χ4v) is 3.30. The van der Waals surface area contributed by atoms with Gasteiger partial charge in [-0.1, -0.05) is 30.3 Å². The molecule has 1 unspecified atom stereocenters. The molecule has 4 heteroatoms. The minimum Gasteiger partial charge on any atom is -0.497 e. The number of rotatable bonds is 4. The average molecular weight is 325 g/mol. The molecule has 4 nitrogen and oxygen atoms in total. The van der Waals surface area contributed by atoms with Gasteiger partial charge in [-0.3, -0.25) is 4.79 Å². The van der Waals surface area contributed by atoms with E-state index in [2.05, 4.69) is 0 Å². The van der Waals surface area contributed by atoms with Crippen LogP contribution in [0.2, 0.25) is 0 Å².